The summed E-state index contributed by atoms with van der Waals surface area (Å²) in [5.74, 6) is 0.379. The molecule has 2 aromatic rings. The highest BCUT2D eigenvalue weighted by Gasteiger charge is 1.98. The van der Waals surface area contributed by atoms with Gasteiger partial charge in [0.05, 0.1) is 12.5 Å². The fraction of sp³-hybridized carbons (Fsp3) is 0.0625. The number of nitriles is 1. The largest absolute Gasteiger partial charge is 0.508 e. The van der Waals surface area contributed by atoms with Crippen LogP contribution in [0.15, 0.2) is 42.5 Å². The van der Waals surface area contributed by atoms with Gasteiger partial charge in [0.25, 0.3) is 0 Å². The summed E-state index contributed by atoms with van der Waals surface area (Å²) >= 11 is 0. The van der Waals surface area contributed by atoms with E-state index < -0.39 is 0 Å². The number of phenols is 2. The molecule has 0 aliphatic rings. The number of benzene rings is 2. The van der Waals surface area contributed by atoms with Gasteiger partial charge in [0.15, 0.2) is 0 Å². The van der Waals surface area contributed by atoms with Crippen molar-refractivity contribution < 1.29 is 10.2 Å². The summed E-state index contributed by atoms with van der Waals surface area (Å²) in [4.78, 5) is 0. The lowest BCUT2D eigenvalue weighted by atomic mass is 10.1. The van der Waals surface area contributed by atoms with Gasteiger partial charge in [-0.2, -0.15) is 5.26 Å². The van der Waals surface area contributed by atoms with Gasteiger partial charge in [-0.1, -0.05) is 30.4 Å². The molecule has 0 saturated carbocycles. The molecule has 2 N–H and O–H groups in total. The van der Waals surface area contributed by atoms with Crippen molar-refractivity contribution in [2.24, 2.45) is 0 Å². The Kier molecular flexibility index (Phi) is 3.84. The quantitative estimate of drug-likeness (QED) is 0.822. The Bertz CT molecular complexity index is 637. The third-order valence-electron chi connectivity index (χ3n) is 2.64. The highest BCUT2D eigenvalue weighted by atomic mass is 16.3. The Morgan fingerprint density at radius 1 is 0.895 bits per heavy atom. The highest BCUT2D eigenvalue weighted by molar-refractivity contribution is 5.70. The fourth-order valence-electron chi connectivity index (χ4n) is 1.77. The van der Waals surface area contributed by atoms with E-state index in [4.69, 9.17) is 5.26 Å². The molecule has 0 unspecified atom stereocenters. The zero-order valence-electron chi connectivity index (χ0n) is 10.2. The van der Waals surface area contributed by atoms with Crippen molar-refractivity contribution in [3.63, 3.8) is 0 Å². The molecule has 2 aromatic carbocycles. The summed E-state index contributed by atoms with van der Waals surface area (Å²) in [5, 5.41) is 27.4. The van der Waals surface area contributed by atoms with E-state index in [-0.39, 0.29) is 17.9 Å². The maximum Gasteiger partial charge on any atom is 0.116 e. The van der Waals surface area contributed by atoms with Crippen molar-refractivity contribution >= 4 is 12.2 Å². The molecule has 2 rings (SSSR count). The van der Waals surface area contributed by atoms with Gasteiger partial charge in [-0.15, -0.1) is 0 Å². The van der Waals surface area contributed by atoms with Crippen LogP contribution in [0.4, 0.5) is 0 Å². The van der Waals surface area contributed by atoms with E-state index >= 15 is 0 Å². The molecule has 0 aromatic heterocycles. The van der Waals surface area contributed by atoms with Crippen molar-refractivity contribution in [3.8, 4) is 17.6 Å². The van der Waals surface area contributed by atoms with E-state index in [1.165, 1.54) is 0 Å². The van der Waals surface area contributed by atoms with Gasteiger partial charge in [-0.25, -0.2) is 0 Å². The monoisotopic (exact) mass is 251 g/mol. The van der Waals surface area contributed by atoms with Gasteiger partial charge >= 0.3 is 0 Å². The van der Waals surface area contributed by atoms with Crippen molar-refractivity contribution in [2.45, 2.75) is 6.42 Å². The normalized spacial score (nSPS) is 10.5. The van der Waals surface area contributed by atoms with Crippen LogP contribution < -0.4 is 0 Å². The number of hydrogen-bond donors (Lipinski definition) is 2. The van der Waals surface area contributed by atoms with Crippen LogP contribution >= 0.6 is 0 Å². The van der Waals surface area contributed by atoms with Gasteiger partial charge in [0, 0.05) is 0 Å². The average molecular weight is 251 g/mol. The Hall–Kier alpha value is -2.73. The van der Waals surface area contributed by atoms with E-state index in [9.17, 15) is 10.2 Å². The number of phenolic OH excluding ortho intramolecular Hbond substituents is 2. The lowest BCUT2D eigenvalue weighted by Crippen LogP contribution is -1.83. The summed E-state index contributed by atoms with van der Waals surface area (Å²) in [6, 6.07) is 14.0. The van der Waals surface area contributed by atoms with Crippen LogP contribution in [0.2, 0.25) is 0 Å². The molecule has 0 aliphatic carbocycles. The molecule has 0 bridgehead atoms. The third-order valence-corrected chi connectivity index (χ3v) is 2.64. The van der Waals surface area contributed by atoms with Crippen molar-refractivity contribution in [1.29, 1.82) is 5.26 Å². The smallest absolute Gasteiger partial charge is 0.116 e. The summed E-state index contributed by atoms with van der Waals surface area (Å²) in [6.07, 6.45) is 4.01. The molecular formula is C16H13NO2. The van der Waals surface area contributed by atoms with E-state index in [1.807, 2.05) is 18.2 Å². The molecule has 0 amide bonds. The molecule has 0 fully saturated rings. The van der Waals surface area contributed by atoms with Crippen molar-refractivity contribution in [3.05, 3.63) is 59.2 Å². The first-order chi connectivity index (χ1) is 9.17. The molecule has 0 radical (unpaired) electrons. The third kappa shape index (κ3) is 3.62. The van der Waals surface area contributed by atoms with Crippen LogP contribution in [0.5, 0.6) is 11.5 Å². The summed E-state index contributed by atoms with van der Waals surface area (Å²) in [5.41, 5.74) is 2.56. The molecule has 0 aliphatic heterocycles. The van der Waals surface area contributed by atoms with E-state index in [0.717, 1.165) is 16.7 Å². The standard InChI is InChI=1S/C16H13NO2/c17-8-7-14-9-13(10-16(19)11-14)2-1-12-3-5-15(18)6-4-12/h1-6,9-11,18-19H,7H2. The van der Waals surface area contributed by atoms with Crippen molar-refractivity contribution in [1.82, 2.24) is 0 Å². The minimum absolute atomic E-state index is 0.151. The van der Waals surface area contributed by atoms with Gasteiger partial charge in [-0.3, -0.25) is 0 Å². The maximum absolute atomic E-state index is 9.58. The van der Waals surface area contributed by atoms with Crippen LogP contribution in [0, 0.1) is 11.3 Å². The molecule has 0 heterocycles. The molecule has 94 valence electrons. The first-order valence-electron chi connectivity index (χ1n) is 5.84. The second-order valence-corrected chi connectivity index (χ2v) is 4.19. The first kappa shape index (κ1) is 12.7. The second kappa shape index (κ2) is 5.74. The zero-order valence-corrected chi connectivity index (χ0v) is 10.2. The van der Waals surface area contributed by atoms with Gasteiger partial charge in [-0.05, 0) is 41.0 Å². The van der Waals surface area contributed by atoms with Crippen LogP contribution in [-0.4, -0.2) is 10.2 Å². The summed E-state index contributed by atoms with van der Waals surface area (Å²) in [7, 11) is 0. The Morgan fingerprint density at radius 3 is 2.26 bits per heavy atom. The average Bonchev–Trinajstić information content (AvgIpc) is 2.38. The number of nitrogens with zero attached hydrogens (tertiary/aromatic N) is 1. The van der Waals surface area contributed by atoms with Crippen molar-refractivity contribution in [2.75, 3.05) is 0 Å². The number of aromatic hydroxyl groups is 2. The fourth-order valence-corrected chi connectivity index (χ4v) is 1.77. The summed E-state index contributed by atoms with van der Waals surface area (Å²) in [6.45, 7) is 0. The lowest BCUT2D eigenvalue weighted by molar-refractivity contribution is 0.474. The Balaban J connectivity index is 2.23. The van der Waals surface area contributed by atoms with Crippen LogP contribution in [0.3, 0.4) is 0 Å². The van der Waals surface area contributed by atoms with Gasteiger partial charge < -0.3 is 10.2 Å². The molecule has 19 heavy (non-hydrogen) atoms. The zero-order chi connectivity index (χ0) is 13.7. The van der Waals surface area contributed by atoms with E-state index in [1.54, 1.807) is 36.4 Å². The molecule has 0 spiro atoms. The van der Waals surface area contributed by atoms with E-state index in [0.29, 0.717) is 0 Å². The van der Waals surface area contributed by atoms with Crippen LogP contribution in [0.25, 0.3) is 12.2 Å². The number of hydrogen-bond acceptors (Lipinski definition) is 3. The molecule has 3 nitrogen and oxygen atoms in total. The highest BCUT2D eigenvalue weighted by Crippen LogP contribution is 2.19. The van der Waals surface area contributed by atoms with Crippen LogP contribution in [-0.2, 0) is 6.42 Å². The predicted octanol–water partition coefficient (Wildman–Crippen LogP) is 3.33. The SMILES string of the molecule is N#CCc1cc(O)cc(C=Cc2ccc(O)cc2)c1. The lowest BCUT2D eigenvalue weighted by Gasteiger charge is -2.00. The molecular weight excluding hydrogens is 238 g/mol. The van der Waals surface area contributed by atoms with Gasteiger partial charge in [0.1, 0.15) is 11.5 Å². The Labute approximate surface area is 111 Å². The van der Waals surface area contributed by atoms with Gasteiger partial charge in [0.2, 0.25) is 0 Å². The minimum atomic E-state index is 0.151. The first-order valence-corrected chi connectivity index (χ1v) is 5.84. The molecule has 0 saturated heterocycles. The minimum Gasteiger partial charge on any atom is -0.508 e. The van der Waals surface area contributed by atoms with Crippen LogP contribution in [0.1, 0.15) is 16.7 Å². The number of rotatable bonds is 3. The predicted molar refractivity (Wildman–Crippen MR) is 74.5 cm³/mol. The Morgan fingerprint density at radius 2 is 1.58 bits per heavy atom. The van der Waals surface area contributed by atoms with E-state index in [2.05, 4.69) is 6.07 Å². The molecule has 0 atom stereocenters. The molecule has 3 heteroatoms. The topological polar surface area (TPSA) is 64.2 Å². The second-order valence-electron chi connectivity index (χ2n) is 4.19. The maximum atomic E-state index is 9.58. The summed E-state index contributed by atoms with van der Waals surface area (Å²) < 4.78 is 0.